The van der Waals surface area contributed by atoms with Crippen LogP contribution in [0.1, 0.15) is 64.9 Å². The standard InChI is InChI=1S/C35H44ClF5N6O3Si/c1-33(2,3)51(5,6)50-23-10-7-9-22-29(23)46(4)30-24-28(44-32(45-30)48-17-34-11-8-12-47(34)16-18(37)15-34)26(38)27(43-31(24)49-22)20-13-19(42)14-21(36)25(20)35(39,40)41/h13-14,18,22-23,29H,7-12,15-17,42H2,1-6H3/t18-,22-,23+,29+,34+/m1/s1. The fraction of sp³-hybridized carbons (Fsp3) is 0.629. The van der Waals surface area contributed by atoms with E-state index in [1.54, 1.807) is 0 Å². The molecule has 5 heterocycles. The molecule has 1 aliphatic carbocycles. The van der Waals surface area contributed by atoms with Gasteiger partial charge in [-0.05, 0) is 68.9 Å². The number of anilines is 2. The molecule has 5 atom stereocenters. The van der Waals surface area contributed by atoms with Gasteiger partial charge in [-0.25, -0.2) is 13.8 Å². The fourth-order valence-electron chi connectivity index (χ4n) is 8.13. The van der Waals surface area contributed by atoms with Gasteiger partial charge in [0.2, 0.25) is 5.88 Å². The van der Waals surface area contributed by atoms with Gasteiger partial charge < -0.3 is 24.5 Å². The smallest absolute Gasteiger partial charge is 0.418 e. The van der Waals surface area contributed by atoms with Crippen LogP contribution >= 0.6 is 11.6 Å². The number of nitrogens with two attached hydrogens (primary N) is 1. The fourth-order valence-corrected chi connectivity index (χ4v) is 9.84. The van der Waals surface area contributed by atoms with Gasteiger partial charge in [-0.2, -0.15) is 23.1 Å². The topological polar surface area (TPSA) is 98.9 Å². The summed E-state index contributed by atoms with van der Waals surface area (Å²) in [7, 11) is -0.472. The predicted molar refractivity (Wildman–Crippen MR) is 188 cm³/mol. The van der Waals surface area contributed by atoms with Crippen LogP contribution in [0.2, 0.25) is 23.2 Å². The summed E-state index contributed by atoms with van der Waals surface area (Å²) in [4.78, 5) is 17.6. The number of rotatable bonds is 6. The van der Waals surface area contributed by atoms with Crippen molar-refractivity contribution in [3.8, 4) is 23.1 Å². The maximum atomic E-state index is 16.9. The van der Waals surface area contributed by atoms with Gasteiger partial charge in [-0.1, -0.05) is 32.4 Å². The Balaban J connectivity index is 1.40. The van der Waals surface area contributed by atoms with Crippen molar-refractivity contribution in [2.24, 2.45) is 0 Å². The normalized spacial score (nSPS) is 26.9. The number of nitrogen functional groups attached to an aromatic ring is 1. The highest BCUT2D eigenvalue weighted by molar-refractivity contribution is 6.74. The van der Waals surface area contributed by atoms with Crippen molar-refractivity contribution in [1.29, 1.82) is 0 Å². The molecule has 7 rings (SSSR count). The van der Waals surface area contributed by atoms with E-state index in [9.17, 15) is 17.6 Å². The number of hydrogen-bond acceptors (Lipinski definition) is 9. The SMILES string of the molecule is CN1c2nc(OC[C@@]34CCCN3C[C@H](F)C4)nc3c(F)c(-c4cc(N)cc(Cl)c4C(F)(F)F)nc(c23)O[C@@H]2CCC[C@H](O[Si](C)(C)C(C)(C)C)[C@H]21. The average molecular weight is 755 g/mol. The van der Waals surface area contributed by atoms with Gasteiger partial charge in [0.25, 0.3) is 0 Å². The number of nitrogens with zero attached hydrogens (tertiary/aromatic N) is 5. The molecule has 2 saturated heterocycles. The average Bonchev–Trinajstić information content (AvgIpc) is 3.50. The van der Waals surface area contributed by atoms with Crippen molar-refractivity contribution < 1.29 is 35.9 Å². The summed E-state index contributed by atoms with van der Waals surface area (Å²) in [6.07, 6.45) is -2.79. The molecule has 0 bridgehead atoms. The molecule has 2 N–H and O–H groups in total. The van der Waals surface area contributed by atoms with Crippen molar-refractivity contribution >= 4 is 42.3 Å². The number of ether oxygens (including phenoxy) is 2. The molecule has 0 spiro atoms. The minimum Gasteiger partial charge on any atom is -0.471 e. The summed E-state index contributed by atoms with van der Waals surface area (Å²) in [6.45, 7) is 11.9. The highest BCUT2D eigenvalue weighted by Gasteiger charge is 2.50. The van der Waals surface area contributed by atoms with Crippen LogP contribution in [0.5, 0.6) is 11.9 Å². The summed E-state index contributed by atoms with van der Waals surface area (Å²) in [5.74, 6) is -1.01. The Morgan fingerprint density at radius 2 is 1.86 bits per heavy atom. The number of hydrogen-bond donors (Lipinski definition) is 1. The zero-order chi connectivity index (χ0) is 36.8. The predicted octanol–water partition coefficient (Wildman–Crippen LogP) is 8.18. The molecule has 0 radical (unpaired) electrons. The Morgan fingerprint density at radius 3 is 2.57 bits per heavy atom. The quantitative estimate of drug-likeness (QED) is 0.152. The number of likely N-dealkylation sites (N-methyl/N-ethyl adjacent to an activating group) is 1. The van der Waals surface area contributed by atoms with E-state index in [0.29, 0.717) is 19.4 Å². The van der Waals surface area contributed by atoms with E-state index in [1.807, 2.05) is 11.9 Å². The van der Waals surface area contributed by atoms with Crippen LogP contribution in [0.3, 0.4) is 0 Å². The molecule has 51 heavy (non-hydrogen) atoms. The number of halogens is 6. The van der Waals surface area contributed by atoms with Gasteiger partial charge in [0, 0.05) is 31.3 Å². The first-order valence-corrected chi connectivity index (χ1v) is 20.8. The third-order valence-electron chi connectivity index (χ3n) is 11.6. The van der Waals surface area contributed by atoms with Gasteiger partial charge in [0.05, 0.1) is 28.3 Å². The third kappa shape index (κ3) is 6.29. The molecule has 0 unspecified atom stereocenters. The molecule has 4 aliphatic rings. The van der Waals surface area contributed by atoms with E-state index >= 15 is 4.39 Å². The van der Waals surface area contributed by atoms with E-state index in [1.165, 1.54) is 0 Å². The third-order valence-corrected chi connectivity index (χ3v) is 16.4. The number of benzene rings is 1. The van der Waals surface area contributed by atoms with Crippen molar-refractivity contribution in [3.63, 3.8) is 0 Å². The van der Waals surface area contributed by atoms with Crippen LogP contribution in [0, 0.1) is 5.82 Å². The number of fused-ring (bicyclic) bond motifs is 2. The minimum absolute atomic E-state index is 0.0667. The molecule has 0 amide bonds. The zero-order valence-electron chi connectivity index (χ0n) is 29.6. The lowest BCUT2D eigenvalue weighted by Gasteiger charge is -2.47. The van der Waals surface area contributed by atoms with Gasteiger partial charge in [0.1, 0.15) is 41.3 Å². The van der Waals surface area contributed by atoms with E-state index in [2.05, 4.69) is 48.7 Å². The van der Waals surface area contributed by atoms with Gasteiger partial charge in [-0.15, -0.1) is 0 Å². The molecule has 1 saturated carbocycles. The highest BCUT2D eigenvalue weighted by Crippen LogP contribution is 2.49. The van der Waals surface area contributed by atoms with Crippen LogP contribution in [-0.4, -0.2) is 84.9 Å². The summed E-state index contributed by atoms with van der Waals surface area (Å²) < 4.78 is 94.8. The van der Waals surface area contributed by atoms with Crippen molar-refractivity contribution in [2.75, 3.05) is 37.4 Å². The lowest BCUT2D eigenvalue weighted by atomic mass is 9.89. The molecule has 3 fully saturated rings. The largest absolute Gasteiger partial charge is 0.471 e. The van der Waals surface area contributed by atoms with Crippen molar-refractivity contribution in [1.82, 2.24) is 19.9 Å². The summed E-state index contributed by atoms with van der Waals surface area (Å²) >= 11 is 6.09. The van der Waals surface area contributed by atoms with E-state index in [-0.39, 0.29) is 52.0 Å². The molecule has 3 aliphatic heterocycles. The number of pyridine rings is 1. The molecule has 278 valence electrons. The summed E-state index contributed by atoms with van der Waals surface area (Å²) in [5, 5.41) is -0.684. The summed E-state index contributed by atoms with van der Waals surface area (Å²) in [5.41, 5.74) is 2.37. The number of alkyl halides is 4. The highest BCUT2D eigenvalue weighted by atomic mass is 35.5. The molecule has 3 aromatic rings. The van der Waals surface area contributed by atoms with Crippen LogP contribution in [0.25, 0.3) is 22.2 Å². The van der Waals surface area contributed by atoms with Crippen LogP contribution in [0.15, 0.2) is 12.1 Å². The second-order valence-corrected chi connectivity index (χ2v) is 21.2. The Bertz CT molecular complexity index is 1860. The Hall–Kier alpha value is -3.01. The lowest BCUT2D eigenvalue weighted by molar-refractivity contribution is -0.137. The van der Waals surface area contributed by atoms with Gasteiger partial charge in [-0.3, -0.25) is 4.90 Å². The number of aromatic nitrogens is 3. The van der Waals surface area contributed by atoms with Crippen LogP contribution in [0.4, 0.5) is 33.5 Å². The molecule has 1 aromatic carbocycles. The van der Waals surface area contributed by atoms with E-state index in [0.717, 1.165) is 44.4 Å². The molecular formula is C35H44ClF5N6O3Si. The first-order chi connectivity index (χ1) is 23.8. The van der Waals surface area contributed by atoms with Crippen LogP contribution < -0.4 is 20.1 Å². The molecular weight excluding hydrogens is 711 g/mol. The Labute approximate surface area is 300 Å². The van der Waals surface area contributed by atoms with Crippen molar-refractivity contribution in [2.45, 2.75) is 114 Å². The van der Waals surface area contributed by atoms with Crippen LogP contribution in [-0.2, 0) is 10.6 Å². The van der Waals surface area contributed by atoms with E-state index in [4.69, 9.17) is 36.2 Å². The maximum Gasteiger partial charge on any atom is 0.418 e. The molecule has 2 aromatic heterocycles. The first-order valence-electron chi connectivity index (χ1n) is 17.5. The summed E-state index contributed by atoms with van der Waals surface area (Å²) in [6, 6.07) is 1.37. The van der Waals surface area contributed by atoms with Crippen molar-refractivity contribution in [3.05, 3.63) is 28.5 Å². The van der Waals surface area contributed by atoms with Gasteiger partial charge in [0.15, 0.2) is 14.1 Å². The van der Waals surface area contributed by atoms with Gasteiger partial charge >= 0.3 is 12.2 Å². The minimum atomic E-state index is -4.96. The lowest BCUT2D eigenvalue weighted by Crippen LogP contribution is -2.58. The Kier molecular flexibility index (Phi) is 8.94. The molecule has 9 nitrogen and oxygen atoms in total. The zero-order valence-corrected chi connectivity index (χ0v) is 31.4. The Morgan fingerprint density at radius 1 is 1.12 bits per heavy atom. The molecule has 16 heteroatoms. The van der Waals surface area contributed by atoms with E-state index < -0.39 is 66.0 Å². The monoisotopic (exact) mass is 754 g/mol. The second kappa shape index (κ2) is 12.5. The first kappa shape index (κ1) is 36.3. The second-order valence-electron chi connectivity index (χ2n) is 16.0. The maximum absolute atomic E-state index is 16.9.